The quantitative estimate of drug-likeness (QED) is 0.653. The molecule has 0 aliphatic heterocycles. The van der Waals surface area contributed by atoms with Gasteiger partial charge in [-0.25, -0.2) is 0 Å². The van der Waals surface area contributed by atoms with Crippen LogP contribution in [0.3, 0.4) is 0 Å². The van der Waals surface area contributed by atoms with E-state index in [0.717, 1.165) is 12.2 Å². The summed E-state index contributed by atoms with van der Waals surface area (Å²) in [5.41, 5.74) is 1.25. The van der Waals surface area contributed by atoms with E-state index in [2.05, 4.69) is 18.2 Å². The van der Waals surface area contributed by atoms with Gasteiger partial charge in [0.15, 0.2) is 0 Å². The predicted octanol–water partition coefficient (Wildman–Crippen LogP) is 2.67. The summed E-state index contributed by atoms with van der Waals surface area (Å²) in [6.07, 6.45) is 2.48. The van der Waals surface area contributed by atoms with Crippen LogP contribution in [-0.2, 0) is 6.42 Å². The fourth-order valence-electron chi connectivity index (χ4n) is 1.15. The van der Waals surface area contributed by atoms with Gasteiger partial charge in [-0.2, -0.15) is 0 Å². The van der Waals surface area contributed by atoms with Crippen LogP contribution in [0.5, 0.6) is 0 Å². The maximum Gasteiger partial charge on any atom is 0.116 e. The average molecular weight is 157 g/mol. The molecule has 0 aliphatic carbocycles. The first kappa shape index (κ1) is 7.17. The van der Waals surface area contributed by atoms with E-state index in [1.165, 1.54) is 5.56 Å². The Morgan fingerprint density at radius 2 is 2.00 bits per heavy atom. The second-order valence-corrected chi connectivity index (χ2v) is 2.65. The monoisotopic (exact) mass is 157 g/mol. The highest BCUT2D eigenvalue weighted by Crippen LogP contribution is 2.08. The molecule has 0 amide bonds. The molecule has 0 fully saturated rings. The molecule has 0 saturated carbocycles. The molecule has 59 valence electrons. The highest BCUT2D eigenvalue weighted by molar-refractivity contribution is 5.19. The van der Waals surface area contributed by atoms with Crippen molar-refractivity contribution in [3.05, 3.63) is 60.1 Å². The van der Waals surface area contributed by atoms with Crippen LogP contribution in [0.4, 0.5) is 0 Å². The lowest BCUT2D eigenvalue weighted by molar-refractivity contribution is 0.520. The zero-order valence-corrected chi connectivity index (χ0v) is 6.66. The van der Waals surface area contributed by atoms with Gasteiger partial charge in [0.1, 0.15) is 5.76 Å². The van der Waals surface area contributed by atoms with Gasteiger partial charge in [0.25, 0.3) is 0 Å². The molecule has 1 nitrogen and oxygen atoms in total. The first-order chi connectivity index (χ1) is 5.95. The maximum atomic E-state index is 5.18. The zero-order valence-electron chi connectivity index (χ0n) is 6.66. The normalized spacial score (nSPS) is 10.0. The smallest absolute Gasteiger partial charge is 0.116 e. The lowest BCUT2D eigenvalue weighted by atomic mass is 10.1. The van der Waals surface area contributed by atoms with Crippen molar-refractivity contribution in [2.24, 2.45) is 0 Å². The van der Waals surface area contributed by atoms with Gasteiger partial charge >= 0.3 is 0 Å². The molecule has 12 heavy (non-hydrogen) atoms. The van der Waals surface area contributed by atoms with E-state index >= 15 is 0 Å². The van der Waals surface area contributed by atoms with Crippen LogP contribution in [0.1, 0.15) is 11.3 Å². The van der Waals surface area contributed by atoms with E-state index in [1.807, 2.05) is 18.2 Å². The predicted molar refractivity (Wildman–Crippen MR) is 46.8 cm³/mol. The van der Waals surface area contributed by atoms with E-state index in [1.54, 1.807) is 12.3 Å². The number of benzene rings is 1. The van der Waals surface area contributed by atoms with Crippen molar-refractivity contribution in [3.63, 3.8) is 0 Å². The third-order valence-electron chi connectivity index (χ3n) is 1.73. The number of hydrogen-bond donors (Lipinski definition) is 0. The minimum absolute atomic E-state index is 0.827. The Morgan fingerprint density at radius 1 is 1.17 bits per heavy atom. The van der Waals surface area contributed by atoms with Gasteiger partial charge in [0.2, 0.25) is 0 Å². The molecule has 1 aromatic heterocycles. The lowest BCUT2D eigenvalue weighted by Gasteiger charge is -1.95. The van der Waals surface area contributed by atoms with Gasteiger partial charge in [0, 0.05) is 12.5 Å². The van der Waals surface area contributed by atoms with Crippen molar-refractivity contribution in [1.82, 2.24) is 0 Å². The zero-order chi connectivity index (χ0) is 8.23. The Hall–Kier alpha value is -1.50. The first-order valence-corrected chi connectivity index (χ1v) is 3.93. The van der Waals surface area contributed by atoms with Crippen LogP contribution in [-0.4, -0.2) is 0 Å². The van der Waals surface area contributed by atoms with Crippen LogP contribution >= 0.6 is 0 Å². The van der Waals surface area contributed by atoms with E-state index < -0.39 is 0 Å². The Labute approximate surface area is 71.6 Å². The Balaban J connectivity index is 2.15. The summed E-state index contributed by atoms with van der Waals surface area (Å²) in [5, 5.41) is 0. The fraction of sp³-hybridized carbons (Fsp3) is 0.0909. The molecule has 1 radical (unpaired) electrons. The van der Waals surface area contributed by atoms with Crippen molar-refractivity contribution < 1.29 is 4.42 Å². The van der Waals surface area contributed by atoms with Crippen LogP contribution in [0.25, 0.3) is 0 Å². The molecule has 2 rings (SSSR count). The lowest BCUT2D eigenvalue weighted by Crippen LogP contribution is -1.83. The minimum atomic E-state index is 0.827. The van der Waals surface area contributed by atoms with Crippen LogP contribution < -0.4 is 0 Å². The van der Waals surface area contributed by atoms with Crippen LogP contribution in [0.15, 0.2) is 47.1 Å². The molecule has 1 aromatic carbocycles. The molecule has 1 heteroatoms. The number of hydrogen-bond acceptors (Lipinski definition) is 1. The summed E-state index contributed by atoms with van der Waals surface area (Å²) in [7, 11) is 0. The molecule has 1 heterocycles. The second-order valence-electron chi connectivity index (χ2n) is 2.65. The molecule has 0 spiro atoms. The minimum Gasteiger partial charge on any atom is -0.468 e. The summed E-state index contributed by atoms with van der Waals surface area (Å²) in [6.45, 7) is 0. The third kappa shape index (κ3) is 1.56. The molecule has 0 bridgehead atoms. The fourth-order valence-corrected chi connectivity index (χ4v) is 1.15. The van der Waals surface area contributed by atoms with Gasteiger partial charge in [-0.1, -0.05) is 30.3 Å². The largest absolute Gasteiger partial charge is 0.468 e. The van der Waals surface area contributed by atoms with E-state index in [4.69, 9.17) is 4.42 Å². The number of furan rings is 1. The highest BCUT2D eigenvalue weighted by atomic mass is 16.3. The first-order valence-electron chi connectivity index (χ1n) is 3.93. The molecule has 2 aromatic rings. The third-order valence-corrected chi connectivity index (χ3v) is 1.73. The molecule has 0 saturated heterocycles. The maximum absolute atomic E-state index is 5.18. The summed E-state index contributed by atoms with van der Waals surface area (Å²) in [4.78, 5) is 0. The Kier molecular flexibility index (Phi) is 1.95. The Morgan fingerprint density at radius 3 is 2.67 bits per heavy atom. The van der Waals surface area contributed by atoms with Crippen molar-refractivity contribution in [3.8, 4) is 0 Å². The van der Waals surface area contributed by atoms with Gasteiger partial charge in [-0.05, 0) is 11.6 Å². The molecule has 0 aliphatic rings. The Bertz CT molecular complexity index is 321. The molecule has 0 atom stereocenters. The van der Waals surface area contributed by atoms with Gasteiger partial charge in [-0.15, -0.1) is 0 Å². The standard InChI is InChI=1S/C11H9O/c1-2-5-10(6-3-1)9-11-7-4-8-12-11/h1-6,8H,9H2. The summed E-state index contributed by atoms with van der Waals surface area (Å²) >= 11 is 0. The van der Waals surface area contributed by atoms with Crippen molar-refractivity contribution in [2.75, 3.05) is 0 Å². The van der Waals surface area contributed by atoms with Crippen molar-refractivity contribution >= 4 is 0 Å². The molecular weight excluding hydrogens is 148 g/mol. The van der Waals surface area contributed by atoms with Crippen LogP contribution in [0.2, 0.25) is 0 Å². The van der Waals surface area contributed by atoms with E-state index in [9.17, 15) is 0 Å². The molecule has 0 N–H and O–H groups in total. The van der Waals surface area contributed by atoms with Gasteiger partial charge < -0.3 is 4.42 Å². The van der Waals surface area contributed by atoms with Gasteiger partial charge in [0.05, 0.1) is 6.26 Å². The SMILES string of the molecule is [c]1ccoc1Cc1ccccc1. The van der Waals surface area contributed by atoms with E-state index in [0.29, 0.717) is 0 Å². The molecule has 0 unspecified atom stereocenters. The topological polar surface area (TPSA) is 13.1 Å². The molecular formula is C11H9O. The average Bonchev–Trinajstić information content (AvgIpc) is 2.59. The van der Waals surface area contributed by atoms with E-state index in [-0.39, 0.29) is 0 Å². The van der Waals surface area contributed by atoms with Crippen LogP contribution in [0, 0.1) is 6.07 Å². The summed E-state index contributed by atoms with van der Waals surface area (Å²) < 4.78 is 5.18. The van der Waals surface area contributed by atoms with Crippen molar-refractivity contribution in [1.29, 1.82) is 0 Å². The highest BCUT2D eigenvalue weighted by Gasteiger charge is 1.96. The van der Waals surface area contributed by atoms with Crippen molar-refractivity contribution in [2.45, 2.75) is 6.42 Å². The second kappa shape index (κ2) is 3.26. The summed E-state index contributed by atoms with van der Waals surface area (Å²) in [5.74, 6) is 0.890. The number of rotatable bonds is 2. The summed E-state index contributed by atoms with van der Waals surface area (Å²) in [6, 6.07) is 15.0. The van der Waals surface area contributed by atoms with Gasteiger partial charge in [-0.3, -0.25) is 0 Å².